The SMILES string of the molecule is N#CCOc1ccc(N2C(=O)CNC2=O)cc1. The molecule has 1 saturated heterocycles. The number of ether oxygens (including phenoxy) is 1. The molecule has 1 aromatic carbocycles. The fourth-order valence-electron chi connectivity index (χ4n) is 1.49. The van der Waals surface area contributed by atoms with Crippen LogP contribution in [0.3, 0.4) is 0 Å². The Morgan fingerprint density at radius 3 is 2.59 bits per heavy atom. The van der Waals surface area contributed by atoms with Gasteiger partial charge in [0.2, 0.25) is 0 Å². The summed E-state index contributed by atoms with van der Waals surface area (Å²) in [5, 5.41) is 10.8. The molecule has 3 amide bonds. The van der Waals surface area contributed by atoms with E-state index in [1.54, 1.807) is 24.3 Å². The monoisotopic (exact) mass is 231 g/mol. The van der Waals surface area contributed by atoms with Crippen molar-refractivity contribution in [2.24, 2.45) is 0 Å². The van der Waals surface area contributed by atoms with E-state index in [1.165, 1.54) is 0 Å². The van der Waals surface area contributed by atoms with Gasteiger partial charge in [-0.2, -0.15) is 5.26 Å². The molecule has 0 atom stereocenters. The number of amides is 3. The van der Waals surface area contributed by atoms with Gasteiger partial charge in [0, 0.05) is 0 Å². The molecule has 0 aromatic heterocycles. The van der Waals surface area contributed by atoms with Crippen molar-refractivity contribution in [1.29, 1.82) is 5.26 Å². The minimum absolute atomic E-state index is 0.0194. The first kappa shape index (κ1) is 11.0. The van der Waals surface area contributed by atoms with Crippen LogP contribution >= 0.6 is 0 Å². The van der Waals surface area contributed by atoms with E-state index in [0.717, 1.165) is 4.90 Å². The van der Waals surface area contributed by atoms with Gasteiger partial charge in [0.15, 0.2) is 6.61 Å². The zero-order chi connectivity index (χ0) is 12.3. The van der Waals surface area contributed by atoms with Crippen molar-refractivity contribution >= 4 is 17.6 Å². The van der Waals surface area contributed by atoms with Crippen molar-refractivity contribution in [2.75, 3.05) is 18.1 Å². The van der Waals surface area contributed by atoms with Crippen molar-refractivity contribution in [1.82, 2.24) is 5.32 Å². The lowest BCUT2D eigenvalue weighted by Gasteiger charge is -2.12. The summed E-state index contributed by atoms with van der Waals surface area (Å²) in [6.45, 7) is -0.0198. The summed E-state index contributed by atoms with van der Waals surface area (Å²) in [4.78, 5) is 23.8. The van der Waals surface area contributed by atoms with Crippen LogP contribution in [-0.2, 0) is 4.79 Å². The highest BCUT2D eigenvalue weighted by atomic mass is 16.5. The Morgan fingerprint density at radius 1 is 1.35 bits per heavy atom. The highest BCUT2D eigenvalue weighted by molar-refractivity contribution is 6.19. The van der Waals surface area contributed by atoms with Crippen LogP contribution in [0.25, 0.3) is 0 Å². The highest BCUT2D eigenvalue weighted by Crippen LogP contribution is 2.21. The van der Waals surface area contributed by atoms with E-state index in [4.69, 9.17) is 10.00 Å². The van der Waals surface area contributed by atoms with Crippen molar-refractivity contribution in [2.45, 2.75) is 0 Å². The summed E-state index contributed by atoms with van der Waals surface area (Å²) in [7, 11) is 0. The van der Waals surface area contributed by atoms with E-state index in [-0.39, 0.29) is 19.1 Å². The minimum atomic E-state index is -0.430. The van der Waals surface area contributed by atoms with Gasteiger partial charge in [0.25, 0.3) is 5.91 Å². The zero-order valence-electron chi connectivity index (χ0n) is 8.84. The van der Waals surface area contributed by atoms with Gasteiger partial charge in [0.1, 0.15) is 11.8 Å². The molecule has 1 aromatic rings. The number of hydrogen-bond acceptors (Lipinski definition) is 4. The lowest BCUT2D eigenvalue weighted by molar-refractivity contribution is -0.115. The van der Waals surface area contributed by atoms with Crippen LogP contribution in [0.4, 0.5) is 10.5 Å². The summed E-state index contributed by atoms with van der Waals surface area (Å²) in [6.07, 6.45) is 0. The average Bonchev–Trinajstić information content (AvgIpc) is 2.67. The second-order valence-electron chi connectivity index (χ2n) is 3.33. The number of anilines is 1. The average molecular weight is 231 g/mol. The molecule has 6 heteroatoms. The van der Waals surface area contributed by atoms with Crippen LogP contribution in [0.15, 0.2) is 24.3 Å². The van der Waals surface area contributed by atoms with Gasteiger partial charge in [-0.25, -0.2) is 9.69 Å². The summed E-state index contributed by atoms with van der Waals surface area (Å²) < 4.78 is 5.06. The van der Waals surface area contributed by atoms with E-state index in [2.05, 4.69) is 5.32 Å². The van der Waals surface area contributed by atoms with E-state index in [1.807, 2.05) is 6.07 Å². The molecule has 1 heterocycles. The zero-order valence-corrected chi connectivity index (χ0v) is 8.84. The minimum Gasteiger partial charge on any atom is -0.479 e. The molecule has 1 N–H and O–H groups in total. The maximum absolute atomic E-state index is 11.4. The molecule has 0 saturated carbocycles. The fraction of sp³-hybridized carbons (Fsp3) is 0.182. The topological polar surface area (TPSA) is 82.4 Å². The first-order chi connectivity index (χ1) is 8.22. The number of imide groups is 1. The lowest BCUT2D eigenvalue weighted by Crippen LogP contribution is -2.30. The first-order valence-corrected chi connectivity index (χ1v) is 4.93. The van der Waals surface area contributed by atoms with Gasteiger partial charge in [-0.05, 0) is 24.3 Å². The predicted molar refractivity (Wildman–Crippen MR) is 58.4 cm³/mol. The number of nitrogens with zero attached hydrogens (tertiary/aromatic N) is 2. The molecule has 0 spiro atoms. The van der Waals surface area contributed by atoms with E-state index < -0.39 is 6.03 Å². The van der Waals surface area contributed by atoms with Crippen LogP contribution in [0.1, 0.15) is 0 Å². The molecule has 86 valence electrons. The van der Waals surface area contributed by atoms with Crippen LogP contribution in [-0.4, -0.2) is 25.1 Å². The van der Waals surface area contributed by atoms with Crippen molar-refractivity contribution in [3.63, 3.8) is 0 Å². The van der Waals surface area contributed by atoms with Crippen molar-refractivity contribution in [3.8, 4) is 11.8 Å². The number of carbonyl (C=O) groups is 2. The molecule has 0 unspecified atom stereocenters. The number of nitriles is 1. The first-order valence-electron chi connectivity index (χ1n) is 4.93. The van der Waals surface area contributed by atoms with Gasteiger partial charge in [-0.3, -0.25) is 4.79 Å². The number of rotatable bonds is 3. The van der Waals surface area contributed by atoms with Gasteiger partial charge < -0.3 is 10.1 Å². The quantitative estimate of drug-likeness (QED) is 0.774. The largest absolute Gasteiger partial charge is 0.479 e. The Balaban J connectivity index is 2.15. The summed E-state index contributed by atoms with van der Waals surface area (Å²) in [5.41, 5.74) is 0.481. The van der Waals surface area contributed by atoms with E-state index in [0.29, 0.717) is 11.4 Å². The maximum Gasteiger partial charge on any atom is 0.329 e. The number of carbonyl (C=O) groups excluding carboxylic acids is 2. The standard InChI is InChI=1S/C11H9N3O3/c12-5-6-17-9-3-1-8(2-4-9)14-10(15)7-13-11(14)16/h1-4H,6-7H2,(H,13,16). The summed E-state index contributed by atoms with van der Waals surface area (Å²) >= 11 is 0. The molecule has 17 heavy (non-hydrogen) atoms. The third-order valence-electron chi connectivity index (χ3n) is 2.24. The molecular formula is C11H9N3O3. The molecule has 1 aliphatic heterocycles. The summed E-state index contributed by atoms with van der Waals surface area (Å²) in [5.74, 6) is 0.225. The van der Waals surface area contributed by atoms with Gasteiger partial charge >= 0.3 is 6.03 Å². The van der Waals surface area contributed by atoms with Gasteiger partial charge in [0.05, 0.1) is 12.2 Å². The molecule has 1 aliphatic rings. The van der Waals surface area contributed by atoms with Crippen LogP contribution < -0.4 is 15.0 Å². The van der Waals surface area contributed by atoms with Crippen LogP contribution in [0, 0.1) is 11.3 Å². The molecule has 0 aliphatic carbocycles. The second-order valence-corrected chi connectivity index (χ2v) is 3.33. The lowest BCUT2D eigenvalue weighted by atomic mass is 10.3. The molecule has 6 nitrogen and oxygen atoms in total. The fourth-order valence-corrected chi connectivity index (χ4v) is 1.49. The molecular weight excluding hydrogens is 222 g/mol. The smallest absolute Gasteiger partial charge is 0.329 e. The number of urea groups is 1. The van der Waals surface area contributed by atoms with Crippen LogP contribution in [0.5, 0.6) is 5.75 Å². The number of nitrogens with one attached hydrogen (secondary N) is 1. The maximum atomic E-state index is 11.4. The third kappa shape index (κ3) is 2.18. The summed E-state index contributed by atoms with van der Waals surface area (Å²) in [6, 6.07) is 7.81. The van der Waals surface area contributed by atoms with E-state index >= 15 is 0 Å². The Bertz CT molecular complexity index is 474. The highest BCUT2D eigenvalue weighted by Gasteiger charge is 2.29. The van der Waals surface area contributed by atoms with E-state index in [9.17, 15) is 9.59 Å². The van der Waals surface area contributed by atoms with Crippen LogP contribution in [0.2, 0.25) is 0 Å². The molecule has 1 fully saturated rings. The van der Waals surface area contributed by atoms with Crippen molar-refractivity contribution in [3.05, 3.63) is 24.3 Å². The Kier molecular flexibility index (Phi) is 2.92. The molecule has 0 radical (unpaired) electrons. The Morgan fingerprint density at radius 2 is 2.06 bits per heavy atom. The second kappa shape index (κ2) is 4.53. The number of benzene rings is 1. The Hall–Kier alpha value is -2.55. The predicted octanol–water partition coefficient (Wildman–Crippen LogP) is 0.645. The normalized spacial score (nSPS) is 14.4. The van der Waals surface area contributed by atoms with Crippen molar-refractivity contribution < 1.29 is 14.3 Å². The number of hydrogen-bond donors (Lipinski definition) is 1. The van der Waals surface area contributed by atoms with Gasteiger partial charge in [-0.1, -0.05) is 0 Å². The Labute approximate surface area is 97.4 Å². The van der Waals surface area contributed by atoms with Gasteiger partial charge in [-0.15, -0.1) is 0 Å². The molecule has 0 bridgehead atoms. The molecule has 2 rings (SSSR count). The third-order valence-corrected chi connectivity index (χ3v) is 2.24.